The molecule has 0 amide bonds. The quantitative estimate of drug-likeness (QED) is 0.744. The molecular formula is C14H19NO3. The second kappa shape index (κ2) is 3.22. The highest BCUT2D eigenvalue weighted by Crippen LogP contribution is 2.62. The van der Waals surface area contributed by atoms with Crippen LogP contribution >= 0.6 is 0 Å². The molecule has 4 fully saturated rings. The Hall–Kier alpha value is -1.19. The van der Waals surface area contributed by atoms with Crippen LogP contribution in [0.15, 0.2) is 11.6 Å². The van der Waals surface area contributed by atoms with Gasteiger partial charge in [-0.2, -0.15) is 0 Å². The lowest BCUT2D eigenvalue weighted by Gasteiger charge is -2.57. The fraction of sp³-hybridized carbons (Fsp3) is 0.786. The van der Waals surface area contributed by atoms with E-state index in [1.54, 1.807) is 0 Å². The van der Waals surface area contributed by atoms with E-state index in [0.29, 0.717) is 0 Å². The Morgan fingerprint density at radius 2 is 1.61 bits per heavy atom. The van der Waals surface area contributed by atoms with Crippen LogP contribution in [0, 0.1) is 23.2 Å². The van der Waals surface area contributed by atoms with Crippen molar-refractivity contribution in [2.75, 3.05) is 0 Å². The van der Waals surface area contributed by atoms with E-state index in [0.717, 1.165) is 37.0 Å². The monoisotopic (exact) mass is 249 g/mol. The third-order valence-electron chi connectivity index (χ3n) is 5.59. The standard InChI is InChI=1S/C14H19NO3/c15-13-11(17)10(16)12(18-13)14-4-7-1-8(5-14)3-9(2-7)6-14/h7-9,12,17H,1-6,15H2. The van der Waals surface area contributed by atoms with Crippen LogP contribution in [0.3, 0.4) is 0 Å². The number of aliphatic hydroxyl groups is 1. The predicted octanol–water partition coefficient (Wildman–Crippen LogP) is 1.86. The topological polar surface area (TPSA) is 72.5 Å². The molecule has 0 spiro atoms. The van der Waals surface area contributed by atoms with Crippen molar-refractivity contribution >= 4 is 5.78 Å². The molecule has 0 aromatic carbocycles. The molecule has 0 aromatic rings. The summed E-state index contributed by atoms with van der Waals surface area (Å²) in [5.74, 6) is 1.58. The minimum absolute atomic E-state index is 0.0407. The van der Waals surface area contributed by atoms with Gasteiger partial charge in [0.25, 0.3) is 0 Å². The smallest absolute Gasteiger partial charge is 0.243 e. The maximum Gasteiger partial charge on any atom is 0.243 e. The summed E-state index contributed by atoms with van der Waals surface area (Å²) < 4.78 is 5.53. The lowest BCUT2D eigenvalue weighted by Crippen LogP contribution is -2.53. The lowest BCUT2D eigenvalue weighted by molar-refractivity contribution is -0.148. The summed E-state index contributed by atoms with van der Waals surface area (Å²) >= 11 is 0. The molecule has 1 atom stereocenters. The van der Waals surface area contributed by atoms with Gasteiger partial charge < -0.3 is 15.6 Å². The van der Waals surface area contributed by atoms with E-state index in [-0.39, 0.29) is 22.8 Å². The molecule has 1 heterocycles. The molecule has 0 aromatic heterocycles. The zero-order valence-corrected chi connectivity index (χ0v) is 10.4. The van der Waals surface area contributed by atoms with Crippen LogP contribution in [-0.2, 0) is 9.53 Å². The van der Waals surface area contributed by atoms with Crippen LogP contribution in [0.5, 0.6) is 0 Å². The number of ether oxygens (including phenoxy) is 1. The summed E-state index contributed by atoms with van der Waals surface area (Å²) in [6, 6.07) is 0. The molecule has 5 rings (SSSR count). The molecule has 98 valence electrons. The van der Waals surface area contributed by atoms with Gasteiger partial charge in [-0.1, -0.05) is 0 Å². The van der Waals surface area contributed by atoms with Gasteiger partial charge in [0.05, 0.1) is 0 Å². The maximum absolute atomic E-state index is 12.1. The van der Waals surface area contributed by atoms with Crippen LogP contribution in [0.2, 0.25) is 0 Å². The summed E-state index contributed by atoms with van der Waals surface area (Å²) in [4.78, 5) is 12.1. The van der Waals surface area contributed by atoms with Crippen molar-refractivity contribution in [3.8, 4) is 0 Å². The van der Waals surface area contributed by atoms with E-state index in [4.69, 9.17) is 10.5 Å². The Kier molecular flexibility index (Phi) is 1.92. The fourth-order valence-electron chi connectivity index (χ4n) is 5.38. The normalized spacial score (nSPS) is 49.9. The summed E-state index contributed by atoms with van der Waals surface area (Å²) in [5.41, 5.74) is 5.52. The van der Waals surface area contributed by atoms with Gasteiger partial charge in [0.1, 0.15) is 0 Å². The Morgan fingerprint density at radius 3 is 2.00 bits per heavy atom. The van der Waals surface area contributed by atoms with E-state index >= 15 is 0 Å². The number of rotatable bonds is 1. The fourth-order valence-corrected chi connectivity index (χ4v) is 5.38. The number of carbonyl (C=O) groups is 1. The van der Waals surface area contributed by atoms with Gasteiger partial charge in [0.2, 0.25) is 17.4 Å². The highest BCUT2D eigenvalue weighted by Gasteiger charge is 2.59. The Labute approximate surface area is 106 Å². The van der Waals surface area contributed by atoms with Crippen LogP contribution in [0.4, 0.5) is 0 Å². The zero-order valence-electron chi connectivity index (χ0n) is 10.4. The van der Waals surface area contributed by atoms with E-state index in [1.165, 1.54) is 19.3 Å². The third-order valence-corrected chi connectivity index (χ3v) is 5.59. The molecule has 0 radical (unpaired) electrons. The van der Waals surface area contributed by atoms with Crippen molar-refractivity contribution in [2.45, 2.75) is 44.6 Å². The first kappa shape index (κ1) is 10.7. The van der Waals surface area contributed by atoms with Crippen molar-refractivity contribution < 1.29 is 14.6 Å². The van der Waals surface area contributed by atoms with Crippen molar-refractivity contribution in [2.24, 2.45) is 28.9 Å². The second-order valence-corrected chi connectivity index (χ2v) is 6.85. The number of Topliss-reactive ketones (excluding diaryl/α,β-unsaturated/α-hetero) is 1. The van der Waals surface area contributed by atoms with Crippen molar-refractivity contribution in [1.29, 1.82) is 0 Å². The number of ketones is 1. The predicted molar refractivity (Wildman–Crippen MR) is 64.3 cm³/mol. The third kappa shape index (κ3) is 1.24. The molecule has 1 unspecified atom stereocenters. The number of aliphatic hydroxyl groups excluding tert-OH is 1. The SMILES string of the molecule is NC1=C(O)C(=O)C(C23CC4CC(CC(C4)C2)C3)O1. The molecule has 4 heteroatoms. The molecule has 18 heavy (non-hydrogen) atoms. The first-order valence-electron chi connectivity index (χ1n) is 6.97. The lowest BCUT2D eigenvalue weighted by atomic mass is 9.48. The van der Waals surface area contributed by atoms with E-state index in [2.05, 4.69) is 0 Å². The van der Waals surface area contributed by atoms with Gasteiger partial charge in [-0.05, 0) is 56.3 Å². The number of carbonyl (C=O) groups excluding carboxylic acids is 1. The van der Waals surface area contributed by atoms with E-state index in [1.807, 2.05) is 0 Å². The molecule has 1 aliphatic heterocycles. The van der Waals surface area contributed by atoms with Gasteiger partial charge >= 0.3 is 0 Å². The van der Waals surface area contributed by atoms with Gasteiger partial charge in [-0.3, -0.25) is 4.79 Å². The van der Waals surface area contributed by atoms with Crippen LogP contribution in [0.1, 0.15) is 38.5 Å². The number of hydrogen-bond donors (Lipinski definition) is 2. The Morgan fingerprint density at radius 1 is 1.11 bits per heavy atom. The largest absolute Gasteiger partial charge is 0.501 e. The van der Waals surface area contributed by atoms with Crippen LogP contribution in [0.25, 0.3) is 0 Å². The molecule has 3 N–H and O–H groups in total. The first-order valence-corrected chi connectivity index (χ1v) is 6.97. The highest BCUT2D eigenvalue weighted by atomic mass is 16.5. The maximum atomic E-state index is 12.1. The van der Waals surface area contributed by atoms with Gasteiger partial charge in [0.15, 0.2) is 6.10 Å². The number of nitrogens with two attached hydrogens (primary N) is 1. The van der Waals surface area contributed by atoms with Crippen LogP contribution < -0.4 is 5.73 Å². The molecular weight excluding hydrogens is 230 g/mol. The molecule has 4 aliphatic carbocycles. The summed E-state index contributed by atoms with van der Waals surface area (Å²) in [5, 5.41) is 9.62. The van der Waals surface area contributed by atoms with Crippen molar-refractivity contribution in [3.05, 3.63) is 11.6 Å². The second-order valence-electron chi connectivity index (χ2n) is 6.85. The minimum atomic E-state index is -0.508. The molecule has 0 saturated heterocycles. The summed E-state index contributed by atoms with van der Waals surface area (Å²) in [7, 11) is 0. The van der Waals surface area contributed by atoms with E-state index in [9.17, 15) is 9.90 Å². The Bertz CT molecular complexity index is 419. The minimum Gasteiger partial charge on any atom is -0.501 e. The average molecular weight is 249 g/mol. The molecule has 4 nitrogen and oxygen atoms in total. The van der Waals surface area contributed by atoms with Crippen molar-refractivity contribution in [3.63, 3.8) is 0 Å². The van der Waals surface area contributed by atoms with Gasteiger partial charge in [0, 0.05) is 5.41 Å². The zero-order chi connectivity index (χ0) is 12.5. The first-order chi connectivity index (χ1) is 8.57. The molecule has 4 saturated carbocycles. The number of hydrogen-bond acceptors (Lipinski definition) is 4. The molecule has 4 bridgehead atoms. The van der Waals surface area contributed by atoms with Crippen LogP contribution in [-0.4, -0.2) is 17.0 Å². The van der Waals surface area contributed by atoms with Gasteiger partial charge in [-0.15, -0.1) is 0 Å². The summed E-state index contributed by atoms with van der Waals surface area (Å²) in [6.07, 6.45) is 6.71. The van der Waals surface area contributed by atoms with E-state index < -0.39 is 6.10 Å². The Balaban J connectivity index is 1.67. The average Bonchev–Trinajstić information content (AvgIpc) is 2.56. The highest BCUT2D eigenvalue weighted by molar-refractivity contribution is 5.99. The molecule has 5 aliphatic rings. The van der Waals surface area contributed by atoms with Gasteiger partial charge in [-0.25, -0.2) is 0 Å². The van der Waals surface area contributed by atoms with Crippen molar-refractivity contribution in [1.82, 2.24) is 0 Å². The summed E-state index contributed by atoms with van der Waals surface area (Å²) in [6.45, 7) is 0.